The van der Waals surface area contributed by atoms with Crippen LogP contribution in [-0.2, 0) is 9.53 Å². The number of carbonyl (C=O) groups excluding carboxylic acids is 1. The van der Waals surface area contributed by atoms with Crippen LogP contribution in [0.15, 0.2) is 0 Å². The SMILES string of the molecule is CCCCN1CCC(OC(C)=O)CC1. The van der Waals surface area contributed by atoms with E-state index in [4.69, 9.17) is 4.74 Å². The number of unbranched alkanes of at least 4 members (excludes halogenated alkanes) is 1. The smallest absolute Gasteiger partial charge is 0.302 e. The molecule has 14 heavy (non-hydrogen) atoms. The first-order chi connectivity index (χ1) is 6.72. The predicted molar refractivity (Wildman–Crippen MR) is 56.1 cm³/mol. The maximum Gasteiger partial charge on any atom is 0.302 e. The lowest BCUT2D eigenvalue weighted by molar-refractivity contribution is -0.148. The Kier molecular flexibility index (Phi) is 4.94. The molecular formula is C11H21NO2. The van der Waals surface area contributed by atoms with Crippen molar-refractivity contribution in [2.75, 3.05) is 19.6 Å². The zero-order valence-corrected chi connectivity index (χ0v) is 9.29. The van der Waals surface area contributed by atoms with E-state index in [1.165, 1.54) is 26.3 Å². The number of hydrogen-bond donors (Lipinski definition) is 0. The Morgan fingerprint density at radius 2 is 2.07 bits per heavy atom. The average molecular weight is 199 g/mol. The third-order valence-electron chi connectivity index (χ3n) is 2.70. The molecule has 82 valence electrons. The van der Waals surface area contributed by atoms with Crippen LogP contribution in [0.4, 0.5) is 0 Å². The van der Waals surface area contributed by atoms with Gasteiger partial charge < -0.3 is 9.64 Å². The fraction of sp³-hybridized carbons (Fsp3) is 0.909. The lowest BCUT2D eigenvalue weighted by Gasteiger charge is -2.31. The highest BCUT2D eigenvalue weighted by molar-refractivity contribution is 5.66. The molecule has 1 aliphatic heterocycles. The van der Waals surface area contributed by atoms with Gasteiger partial charge in [0.1, 0.15) is 6.10 Å². The van der Waals surface area contributed by atoms with Crippen molar-refractivity contribution in [3.63, 3.8) is 0 Å². The monoisotopic (exact) mass is 199 g/mol. The molecule has 0 spiro atoms. The number of hydrogen-bond acceptors (Lipinski definition) is 3. The Hall–Kier alpha value is -0.570. The maximum absolute atomic E-state index is 10.7. The van der Waals surface area contributed by atoms with Gasteiger partial charge in [-0.05, 0) is 25.8 Å². The van der Waals surface area contributed by atoms with Gasteiger partial charge in [0.15, 0.2) is 0 Å². The quantitative estimate of drug-likeness (QED) is 0.647. The number of carbonyl (C=O) groups is 1. The van der Waals surface area contributed by atoms with Crippen molar-refractivity contribution in [2.24, 2.45) is 0 Å². The van der Waals surface area contributed by atoms with E-state index in [1.807, 2.05) is 0 Å². The Labute approximate surface area is 86.4 Å². The molecule has 0 aromatic heterocycles. The number of ether oxygens (including phenoxy) is 1. The molecule has 0 N–H and O–H groups in total. The van der Waals surface area contributed by atoms with Crippen molar-refractivity contribution in [3.05, 3.63) is 0 Å². The second kappa shape index (κ2) is 6.02. The first-order valence-electron chi connectivity index (χ1n) is 5.62. The Morgan fingerprint density at radius 1 is 1.43 bits per heavy atom. The number of piperidine rings is 1. The van der Waals surface area contributed by atoms with Gasteiger partial charge in [0.25, 0.3) is 0 Å². The first kappa shape index (κ1) is 11.5. The number of esters is 1. The molecule has 0 atom stereocenters. The Bertz CT molecular complexity index is 174. The van der Waals surface area contributed by atoms with Gasteiger partial charge in [-0.2, -0.15) is 0 Å². The van der Waals surface area contributed by atoms with E-state index in [9.17, 15) is 4.79 Å². The molecule has 0 bridgehead atoms. The minimum absolute atomic E-state index is 0.142. The molecule has 0 amide bonds. The number of likely N-dealkylation sites (tertiary alicyclic amines) is 1. The van der Waals surface area contributed by atoms with Crippen LogP contribution in [0.2, 0.25) is 0 Å². The molecule has 0 aliphatic carbocycles. The zero-order valence-electron chi connectivity index (χ0n) is 9.29. The molecule has 3 nitrogen and oxygen atoms in total. The molecule has 0 radical (unpaired) electrons. The van der Waals surface area contributed by atoms with Gasteiger partial charge in [-0.3, -0.25) is 4.79 Å². The number of rotatable bonds is 4. The largest absolute Gasteiger partial charge is 0.462 e. The Morgan fingerprint density at radius 3 is 2.57 bits per heavy atom. The molecule has 3 heteroatoms. The van der Waals surface area contributed by atoms with Gasteiger partial charge in [0.2, 0.25) is 0 Å². The van der Waals surface area contributed by atoms with Crippen molar-refractivity contribution >= 4 is 5.97 Å². The summed E-state index contributed by atoms with van der Waals surface area (Å²) in [5, 5.41) is 0. The lowest BCUT2D eigenvalue weighted by atomic mass is 10.1. The topological polar surface area (TPSA) is 29.5 Å². The summed E-state index contributed by atoms with van der Waals surface area (Å²) in [6.07, 6.45) is 4.71. The fourth-order valence-corrected chi connectivity index (χ4v) is 1.87. The van der Waals surface area contributed by atoms with Crippen LogP contribution < -0.4 is 0 Å². The molecule has 1 rings (SSSR count). The third kappa shape index (κ3) is 4.09. The molecular weight excluding hydrogens is 178 g/mol. The van der Waals surface area contributed by atoms with Gasteiger partial charge in [-0.1, -0.05) is 13.3 Å². The average Bonchev–Trinajstić information content (AvgIpc) is 2.16. The van der Waals surface area contributed by atoms with Crippen LogP contribution in [0.5, 0.6) is 0 Å². The van der Waals surface area contributed by atoms with Crippen LogP contribution in [0.3, 0.4) is 0 Å². The summed E-state index contributed by atoms with van der Waals surface area (Å²) in [6, 6.07) is 0. The molecule has 1 saturated heterocycles. The standard InChI is InChI=1S/C11H21NO2/c1-3-4-7-12-8-5-11(6-9-12)14-10(2)13/h11H,3-9H2,1-2H3. The minimum Gasteiger partial charge on any atom is -0.462 e. The predicted octanol–water partition coefficient (Wildman–Crippen LogP) is 1.81. The van der Waals surface area contributed by atoms with Crippen molar-refractivity contribution < 1.29 is 9.53 Å². The summed E-state index contributed by atoms with van der Waals surface area (Å²) in [4.78, 5) is 13.2. The van der Waals surface area contributed by atoms with Gasteiger partial charge in [-0.25, -0.2) is 0 Å². The van der Waals surface area contributed by atoms with Gasteiger partial charge >= 0.3 is 5.97 Å². The van der Waals surface area contributed by atoms with Crippen LogP contribution in [-0.4, -0.2) is 36.6 Å². The van der Waals surface area contributed by atoms with Crippen molar-refractivity contribution in [1.29, 1.82) is 0 Å². The van der Waals surface area contributed by atoms with E-state index in [0.29, 0.717) is 0 Å². The highest BCUT2D eigenvalue weighted by atomic mass is 16.5. The van der Waals surface area contributed by atoms with Crippen molar-refractivity contribution in [2.45, 2.75) is 45.6 Å². The summed E-state index contributed by atoms with van der Waals surface area (Å²) in [5.41, 5.74) is 0. The second-order valence-electron chi connectivity index (χ2n) is 4.00. The van der Waals surface area contributed by atoms with Gasteiger partial charge in [0, 0.05) is 20.0 Å². The highest BCUT2D eigenvalue weighted by Gasteiger charge is 2.20. The molecule has 1 heterocycles. The van der Waals surface area contributed by atoms with Crippen LogP contribution in [0, 0.1) is 0 Å². The maximum atomic E-state index is 10.7. The fourth-order valence-electron chi connectivity index (χ4n) is 1.87. The van der Waals surface area contributed by atoms with E-state index >= 15 is 0 Å². The van der Waals surface area contributed by atoms with Crippen molar-refractivity contribution in [3.8, 4) is 0 Å². The van der Waals surface area contributed by atoms with Crippen LogP contribution >= 0.6 is 0 Å². The van der Waals surface area contributed by atoms with Gasteiger partial charge in [-0.15, -0.1) is 0 Å². The van der Waals surface area contributed by atoms with E-state index in [2.05, 4.69) is 11.8 Å². The summed E-state index contributed by atoms with van der Waals surface area (Å²) in [7, 11) is 0. The highest BCUT2D eigenvalue weighted by Crippen LogP contribution is 2.14. The van der Waals surface area contributed by atoms with E-state index in [0.717, 1.165) is 25.9 Å². The summed E-state index contributed by atoms with van der Waals surface area (Å²) in [5.74, 6) is -0.142. The first-order valence-corrected chi connectivity index (χ1v) is 5.62. The Balaban J connectivity index is 2.14. The molecule has 0 aromatic carbocycles. The van der Waals surface area contributed by atoms with Crippen LogP contribution in [0.1, 0.15) is 39.5 Å². The van der Waals surface area contributed by atoms with Crippen LogP contribution in [0.25, 0.3) is 0 Å². The zero-order chi connectivity index (χ0) is 10.4. The molecule has 1 aliphatic rings. The summed E-state index contributed by atoms with van der Waals surface area (Å²) in [6.45, 7) is 7.06. The summed E-state index contributed by atoms with van der Waals surface area (Å²) < 4.78 is 5.18. The van der Waals surface area contributed by atoms with Gasteiger partial charge in [0.05, 0.1) is 0 Å². The molecule has 0 aromatic rings. The number of nitrogens with zero attached hydrogens (tertiary/aromatic N) is 1. The molecule has 1 fully saturated rings. The lowest BCUT2D eigenvalue weighted by Crippen LogP contribution is -2.38. The van der Waals surface area contributed by atoms with E-state index in [1.54, 1.807) is 0 Å². The second-order valence-corrected chi connectivity index (χ2v) is 4.00. The molecule has 0 saturated carbocycles. The molecule has 0 unspecified atom stereocenters. The minimum atomic E-state index is -0.142. The van der Waals surface area contributed by atoms with E-state index in [-0.39, 0.29) is 12.1 Å². The summed E-state index contributed by atoms with van der Waals surface area (Å²) >= 11 is 0. The van der Waals surface area contributed by atoms with E-state index < -0.39 is 0 Å². The third-order valence-corrected chi connectivity index (χ3v) is 2.70. The van der Waals surface area contributed by atoms with Crippen molar-refractivity contribution in [1.82, 2.24) is 4.90 Å². The normalized spacial score (nSPS) is 19.6.